The van der Waals surface area contributed by atoms with Crippen molar-refractivity contribution in [3.8, 4) is 17.1 Å². The van der Waals surface area contributed by atoms with E-state index in [2.05, 4.69) is 5.43 Å². The van der Waals surface area contributed by atoms with E-state index < -0.39 is 16.7 Å². The van der Waals surface area contributed by atoms with E-state index in [1.54, 1.807) is 55.5 Å². The molecule has 0 saturated carbocycles. The Bertz CT molecular complexity index is 1350. The van der Waals surface area contributed by atoms with Crippen LogP contribution >= 0.6 is 24.0 Å². The molecule has 4 rings (SSSR count). The van der Waals surface area contributed by atoms with Gasteiger partial charge >= 0.3 is 0 Å². The van der Waals surface area contributed by atoms with Crippen molar-refractivity contribution in [3.05, 3.63) is 86.5 Å². The highest BCUT2D eigenvalue weighted by molar-refractivity contribution is 8.26. The third-order valence-corrected chi connectivity index (χ3v) is 6.18. The summed E-state index contributed by atoms with van der Waals surface area (Å²) in [5.41, 5.74) is 3.83. The topological polar surface area (TPSA) is 115 Å². The molecule has 0 spiro atoms. The van der Waals surface area contributed by atoms with Gasteiger partial charge in [-0.25, -0.2) is 0 Å². The minimum Gasteiger partial charge on any atom is -0.497 e. The number of thiocarbonyl (C=S) groups is 1. The third kappa shape index (κ3) is 4.70. The summed E-state index contributed by atoms with van der Waals surface area (Å²) in [6.45, 7) is 1.76. The smallest absolute Gasteiger partial charge is 0.285 e. The highest BCUT2D eigenvalue weighted by atomic mass is 32.2. The zero-order chi connectivity index (χ0) is 24.4. The molecule has 2 heterocycles. The number of nitrogens with zero attached hydrogens (tertiary/aromatic N) is 2. The number of aryl methyl sites for hydroxylation is 1. The minimum atomic E-state index is -0.517. The number of rotatable bonds is 6. The van der Waals surface area contributed by atoms with Crippen LogP contribution in [0.4, 0.5) is 5.69 Å². The first-order valence-electron chi connectivity index (χ1n) is 9.85. The van der Waals surface area contributed by atoms with Crippen molar-refractivity contribution >= 4 is 51.9 Å². The lowest BCUT2D eigenvalue weighted by Crippen LogP contribution is -2.44. The molecule has 0 unspecified atom stereocenters. The molecule has 1 N–H and O–H groups in total. The summed E-state index contributed by atoms with van der Waals surface area (Å²) in [4.78, 5) is 36.5. The highest BCUT2D eigenvalue weighted by Gasteiger charge is 2.34. The Hall–Kier alpha value is -3.96. The number of carbonyl (C=O) groups is 2. The van der Waals surface area contributed by atoms with Gasteiger partial charge in [-0.05, 0) is 67.2 Å². The van der Waals surface area contributed by atoms with Crippen molar-refractivity contribution in [3.63, 3.8) is 0 Å². The quantitative estimate of drug-likeness (QED) is 0.226. The highest BCUT2D eigenvalue weighted by Crippen LogP contribution is 2.35. The lowest BCUT2D eigenvalue weighted by atomic mass is 10.1. The molecule has 1 saturated heterocycles. The molecular weight excluding hydrogens is 478 g/mol. The standard InChI is InChI=1S/C23H17N3O6S2/c1-13-3-9-17(18(11-13)26(29)30)19-10-8-16(32-19)12-20-22(28)25(23(33)34-20)24-21(27)14-4-6-15(31-2)7-5-14/h3-12H,1-2H3,(H,24,27)/b20-12+. The molecule has 11 heteroatoms. The van der Waals surface area contributed by atoms with Gasteiger partial charge in [0.05, 0.1) is 22.5 Å². The molecule has 34 heavy (non-hydrogen) atoms. The van der Waals surface area contributed by atoms with E-state index in [0.717, 1.165) is 22.3 Å². The van der Waals surface area contributed by atoms with Crippen molar-refractivity contribution in [1.29, 1.82) is 0 Å². The molecule has 2 aromatic carbocycles. The minimum absolute atomic E-state index is 0.0755. The van der Waals surface area contributed by atoms with Gasteiger partial charge in [0.15, 0.2) is 4.32 Å². The lowest BCUT2D eigenvalue weighted by molar-refractivity contribution is -0.384. The number of methoxy groups -OCH3 is 1. The van der Waals surface area contributed by atoms with Gasteiger partial charge in [-0.1, -0.05) is 17.8 Å². The molecule has 0 aliphatic carbocycles. The number of hydrazine groups is 1. The van der Waals surface area contributed by atoms with Crippen LogP contribution in [0, 0.1) is 17.0 Å². The number of carbonyl (C=O) groups excluding carboxylic acids is 2. The zero-order valence-electron chi connectivity index (χ0n) is 17.9. The fourth-order valence-electron chi connectivity index (χ4n) is 3.18. The predicted molar refractivity (Wildman–Crippen MR) is 131 cm³/mol. The number of ether oxygens (including phenoxy) is 1. The summed E-state index contributed by atoms with van der Waals surface area (Å²) in [5, 5.41) is 12.4. The summed E-state index contributed by atoms with van der Waals surface area (Å²) in [6, 6.07) is 14.4. The van der Waals surface area contributed by atoms with Gasteiger partial charge in [-0.2, -0.15) is 5.01 Å². The van der Waals surface area contributed by atoms with Crippen molar-refractivity contribution in [2.75, 3.05) is 7.11 Å². The second-order valence-electron chi connectivity index (χ2n) is 7.17. The number of hydrogen-bond donors (Lipinski definition) is 1. The van der Waals surface area contributed by atoms with E-state index in [1.807, 2.05) is 0 Å². The van der Waals surface area contributed by atoms with Crippen LogP contribution in [0.15, 0.2) is 63.9 Å². The number of amides is 2. The number of nitro benzene ring substituents is 1. The molecule has 172 valence electrons. The van der Waals surface area contributed by atoms with Crippen LogP contribution in [-0.4, -0.2) is 33.2 Å². The summed E-state index contributed by atoms with van der Waals surface area (Å²) < 4.78 is 11.0. The Kier molecular flexibility index (Phi) is 6.48. The monoisotopic (exact) mass is 495 g/mol. The Balaban J connectivity index is 1.52. The number of furan rings is 1. The fourth-order valence-corrected chi connectivity index (χ4v) is 4.34. The van der Waals surface area contributed by atoms with E-state index in [0.29, 0.717) is 28.4 Å². The second-order valence-corrected chi connectivity index (χ2v) is 8.84. The van der Waals surface area contributed by atoms with Crippen LogP contribution in [0.2, 0.25) is 0 Å². The van der Waals surface area contributed by atoms with E-state index in [-0.39, 0.29) is 14.9 Å². The van der Waals surface area contributed by atoms with Crippen LogP contribution < -0.4 is 10.2 Å². The number of nitrogens with one attached hydrogen (secondary N) is 1. The van der Waals surface area contributed by atoms with E-state index >= 15 is 0 Å². The Morgan fingerprint density at radius 1 is 1.21 bits per heavy atom. The van der Waals surface area contributed by atoms with E-state index in [1.165, 1.54) is 19.3 Å². The maximum atomic E-state index is 12.8. The van der Waals surface area contributed by atoms with Crippen molar-refractivity contribution in [1.82, 2.24) is 10.4 Å². The maximum Gasteiger partial charge on any atom is 0.285 e. The van der Waals surface area contributed by atoms with Crippen molar-refractivity contribution < 1.29 is 23.7 Å². The van der Waals surface area contributed by atoms with Crippen LogP contribution in [0.25, 0.3) is 17.4 Å². The molecule has 1 aromatic heterocycles. The predicted octanol–water partition coefficient (Wildman–Crippen LogP) is 4.72. The fraction of sp³-hybridized carbons (Fsp3) is 0.0870. The van der Waals surface area contributed by atoms with Crippen LogP contribution in [0.1, 0.15) is 21.7 Å². The molecule has 2 amide bonds. The van der Waals surface area contributed by atoms with E-state index in [4.69, 9.17) is 21.4 Å². The van der Waals surface area contributed by atoms with Crippen molar-refractivity contribution in [2.24, 2.45) is 0 Å². The van der Waals surface area contributed by atoms with Gasteiger partial charge < -0.3 is 9.15 Å². The van der Waals surface area contributed by atoms with E-state index in [9.17, 15) is 19.7 Å². The Morgan fingerprint density at radius 2 is 1.94 bits per heavy atom. The first kappa shape index (κ1) is 23.2. The second kappa shape index (κ2) is 9.49. The van der Waals surface area contributed by atoms with Gasteiger partial charge in [0.1, 0.15) is 17.3 Å². The maximum absolute atomic E-state index is 12.8. The molecule has 9 nitrogen and oxygen atoms in total. The Morgan fingerprint density at radius 3 is 2.62 bits per heavy atom. The molecule has 1 aliphatic heterocycles. The molecule has 1 aliphatic rings. The van der Waals surface area contributed by atoms with Gasteiger partial charge in [-0.3, -0.25) is 25.1 Å². The molecule has 3 aromatic rings. The molecule has 0 atom stereocenters. The van der Waals surface area contributed by atoms with Gasteiger partial charge in [0, 0.05) is 17.7 Å². The lowest BCUT2D eigenvalue weighted by Gasteiger charge is -2.15. The third-order valence-electron chi connectivity index (χ3n) is 4.87. The average molecular weight is 496 g/mol. The average Bonchev–Trinajstić information content (AvgIpc) is 3.39. The van der Waals surface area contributed by atoms with Gasteiger partial charge in [0.25, 0.3) is 17.5 Å². The first-order valence-corrected chi connectivity index (χ1v) is 11.1. The van der Waals surface area contributed by atoms with Gasteiger partial charge in [-0.15, -0.1) is 0 Å². The first-order chi connectivity index (χ1) is 16.3. The summed E-state index contributed by atoms with van der Waals surface area (Å²) in [7, 11) is 1.52. The van der Waals surface area contributed by atoms with Gasteiger partial charge in [0.2, 0.25) is 0 Å². The SMILES string of the molecule is COc1ccc(C(=O)NN2C(=O)/C(=C\c3ccc(-c4ccc(C)cc4[N+](=O)[O-])o3)SC2=S)cc1. The number of benzene rings is 2. The number of hydrogen-bond acceptors (Lipinski definition) is 8. The molecule has 0 bridgehead atoms. The molecule has 1 fully saturated rings. The van der Waals surface area contributed by atoms with Crippen LogP contribution in [0.5, 0.6) is 5.75 Å². The number of thioether (sulfide) groups is 1. The zero-order valence-corrected chi connectivity index (χ0v) is 19.6. The summed E-state index contributed by atoms with van der Waals surface area (Å²) in [5.74, 6) is 0.176. The van der Waals surface area contributed by atoms with Crippen LogP contribution in [0.3, 0.4) is 0 Å². The summed E-state index contributed by atoms with van der Waals surface area (Å²) in [6.07, 6.45) is 1.47. The normalized spacial score (nSPS) is 14.5. The number of nitro groups is 1. The summed E-state index contributed by atoms with van der Waals surface area (Å²) >= 11 is 6.25. The molecular formula is C23H17N3O6S2. The van der Waals surface area contributed by atoms with Crippen LogP contribution in [-0.2, 0) is 4.79 Å². The largest absolute Gasteiger partial charge is 0.497 e. The molecule has 0 radical (unpaired) electrons. The van der Waals surface area contributed by atoms with Crippen molar-refractivity contribution in [2.45, 2.75) is 6.92 Å². The Labute approximate surface area is 203 Å².